The predicted octanol–water partition coefficient (Wildman–Crippen LogP) is 6.02. The number of nitrogens with one attached hydrogen (secondary N) is 1. The molecule has 0 unspecified atom stereocenters. The summed E-state index contributed by atoms with van der Waals surface area (Å²) < 4.78 is 5.77. The predicted molar refractivity (Wildman–Crippen MR) is 117 cm³/mol. The van der Waals surface area contributed by atoms with Crippen molar-refractivity contribution < 1.29 is 14.3 Å². The zero-order valence-electron chi connectivity index (χ0n) is 16.8. The van der Waals surface area contributed by atoms with Crippen LogP contribution in [0.1, 0.15) is 49.2 Å². The number of thiophene rings is 1. The first-order valence-corrected chi connectivity index (χ1v) is 10.6. The number of hydrogen-bond acceptors (Lipinski definition) is 4. The molecule has 0 saturated carbocycles. The minimum Gasteiger partial charge on any atom is -0.457 e. The summed E-state index contributed by atoms with van der Waals surface area (Å²) in [6.07, 6.45) is 0.702. The molecule has 0 fully saturated rings. The Bertz CT molecular complexity index is 948. The molecule has 150 valence electrons. The maximum atomic E-state index is 13.1. The van der Waals surface area contributed by atoms with Crippen LogP contribution in [0.5, 0.6) is 11.5 Å². The van der Waals surface area contributed by atoms with Gasteiger partial charge >= 0.3 is 0 Å². The lowest BCUT2D eigenvalue weighted by molar-refractivity contribution is -0.129. The normalized spacial score (nSPS) is 12.2. The van der Waals surface area contributed by atoms with Gasteiger partial charge in [0.1, 0.15) is 17.5 Å². The van der Waals surface area contributed by atoms with Crippen molar-refractivity contribution in [2.75, 3.05) is 0 Å². The molecule has 1 amide bonds. The Morgan fingerprint density at radius 2 is 1.66 bits per heavy atom. The average molecular weight is 408 g/mol. The largest absolute Gasteiger partial charge is 0.457 e. The van der Waals surface area contributed by atoms with Crippen molar-refractivity contribution in [2.45, 2.75) is 33.2 Å². The van der Waals surface area contributed by atoms with Crippen molar-refractivity contribution in [1.29, 1.82) is 0 Å². The summed E-state index contributed by atoms with van der Waals surface area (Å²) in [7, 11) is 0. The van der Waals surface area contributed by atoms with E-state index in [-0.39, 0.29) is 11.7 Å². The van der Waals surface area contributed by atoms with Crippen LogP contribution in [-0.2, 0) is 4.79 Å². The molecule has 0 aliphatic carbocycles. The van der Waals surface area contributed by atoms with Gasteiger partial charge in [0.05, 0.1) is 0 Å². The van der Waals surface area contributed by atoms with Crippen LogP contribution in [-0.4, -0.2) is 11.7 Å². The zero-order chi connectivity index (χ0) is 20.9. The number of rotatable bonds is 8. The number of para-hydroxylation sites is 1. The minimum atomic E-state index is -0.663. The molecule has 29 heavy (non-hydrogen) atoms. The molecule has 1 heterocycles. The second-order valence-corrected chi connectivity index (χ2v) is 8.28. The molecule has 0 aliphatic heterocycles. The number of ketones is 1. The first-order chi connectivity index (χ1) is 13.9. The van der Waals surface area contributed by atoms with Crippen LogP contribution in [0.2, 0.25) is 0 Å². The van der Waals surface area contributed by atoms with E-state index in [1.54, 1.807) is 24.3 Å². The summed E-state index contributed by atoms with van der Waals surface area (Å²) in [6, 6.07) is 17.6. The fraction of sp³-hybridized carbons (Fsp3) is 0.250. The molecular formula is C24H25NO3S. The summed E-state index contributed by atoms with van der Waals surface area (Å²) in [5.41, 5.74) is 0.777. The zero-order valence-corrected chi connectivity index (χ0v) is 17.7. The van der Waals surface area contributed by atoms with Gasteiger partial charge in [0, 0.05) is 11.0 Å². The topological polar surface area (TPSA) is 55.4 Å². The fourth-order valence-corrected chi connectivity index (χ4v) is 3.50. The van der Waals surface area contributed by atoms with E-state index in [2.05, 4.69) is 5.32 Å². The molecule has 0 spiro atoms. The van der Waals surface area contributed by atoms with Crippen LogP contribution in [0.4, 0.5) is 0 Å². The maximum absolute atomic E-state index is 13.1. The van der Waals surface area contributed by atoms with Gasteiger partial charge in [0.15, 0.2) is 5.78 Å². The van der Waals surface area contributed by atoms with Crippen LogP contribution < -0.4 is 10.1 Å². The highest BCUT2D eigenvalue weighted by Crippen LogP contribution is 2.30. The summed E-state index contributed by atoms with van der Waals surface area (Å²) in [5.74, 6) is 1.10. The molecule has 0 aliphatic rings. The Morgan fingerprint density at radius 3 is 2.24 bits per heavy atom. The third kappa shape index (κ3) is 5.12. The van der Waals surface area contributed by atoms with Crippen molar-refractivity contribution in [1.82, 2.24) is 5.32 Å². The molecule has 4 nitrogen and oxygen atoms in total. The van der Waals surface area contributed by atoms with Gasteiger partial charge in [-0.25, -0.2) is 0 Å². The molecule has 1 N–H and O–H groups in total. The summed E-state index contributed by atoms with van der Waals surface area (Å²) in [5, 5.41) is 6.74. The number of Topliss-reactive ketones (excluding diaryl/α,β-unsaturated/α-hetero) is 1. The standard InChI is InChI=1S/C24H25NO3S/c1-4-24(2,3)22(26)21(18-14-15-29-16-18)25-23(27)17-10-12-20(13-11-17)28-19-8-6-5-7-9-19/h5-16,21H,4H2,1-3H3,(H,25,27)/t21-/m0/s1. The van der Waals surface area contributed by atoms with Gasteiger partial charge in [-0.2, -0.15) is 11.3 Å². The molecule has 2 aromatic carbocycles. The van der Waals surface area contributed by atoms with Crippen LogP contribution >= 0.6 is 11.3 Å². The monoisotopic (exact) mass is 407 g/mol. The van der Waals surface area contributed by atoms with E-state index in [9.17, 15) is 9.59 Å². The Kier molecular flexibility index (Phi) is 6.49. The van der Waals surface area contributed by atoms with Gasteiger partial charge in [-0.1, -0.05) is 39.0 Å². The fourth-order valence-electron chi connectivity index (χ4n) is 2.82. The molecule has 1 atom stereocenters. The van der Waals surface area contributed by atoms with Gasteiger partial charge in [-0.15, -0.1) is 0 Å². The van der Waals surface area contributed by atoms with Crippen LogP contribution in [0.3, 0.4) is 0 Å². The van der Waals surface area contributed by atoms with Gasteiger partial charge in [-0.05, 0) is 65.2 Å². The molecule has 0 saturated heterocycles. The Labute approximate surface area is 175 Å². The summed E-state index contributed by atoms with van der Waals surface area (Å²) >= 11 is 1.51. The van der Waals surface area contributed by atoms with Crippen molar-refractivity contribution in [3.8, 4) is 11.5 Å². The van der Waals surface area contributed by atoms with E-state index in [1.165, 1.54) is 11.3 Å². The second-order valence-electron chi connectivity index (χ2n) is 7.50. The first kappa shape index (κ1) is 20.8. The number of ether oxygens (including phenoxy) is 1. The summed E-state index contributed by atoms with van der Waals surface area (Å²) in [6.45, 7) is 5.81. The second kappa shape index (κ2) is 9.05. The number of hydrogen-bond donors (Lipinski definition) is 1. The first-order valence-electron chi connectivity index (χ1n) is 9.61. The van der Waals surface area contributed by atoms with Crippen molar-refractivity contribution in [2.24, 2.45) is 5.41 Å². The highest BCUT2D eigenvalue weighted by molar-refractivity contribution is 7.08. The van der Waals surface area contributed by atoms with Crippen LogP contribution in [0.25, 0.3) is 0 Å². The highest BCUT2D eigenvalue weighted by atomic mass is 32.1. The van der Waals surface area contributed by atoms with E-state index in [0.717, 1.165) is 11.3 Å². The number of carbonyl (C=O) groups is 2. The Hall–Kier alpha value is -2.92. The minimum absolute atomic E-state index is 0.00998. The van der Waals surface area contributed by atoms with Gasteiger partial charge in [0.2, 0.25) is 0 Å². The van der Waals surface area contributed by atoms with Crippen molar-refractivity contribution >= 4 is 23.0 Å². The van der Waals surface area contributed by atoms with E-state index in [0.29, 0.717) is 17.7 Å². The molecular weight excluding hydrogens is 382 g/mol. The van der Waals surface area contributed by atoms with Gasteiger partial charge < -0.3 is 10.1 Å². The van der Waals surface area contributed by atoms with E-state index < -0.39 is 11.5 Å². The smallest absolute Gasteiger partial charge is 0.252 e. The highest BCUT2D eigenvalue weighted by Gasteiger charge is 2.34. The Balaban J connectivity index is 1.75. The number of benzene rings is 2. The lowest BCUT2D eigenvalue weighted by Crippen LogP contribution is -2.39. The molecule has 3 rings (SSSR count). The number of amides is 1. The molecule has 0 radical (unpaired) electrons. The molecule has 5 heteroatoms. The van der Waals surface area contributed by atoms with Gasteiger partial charge in [-0.3, -0.25) is 9.59 Å². The average Bonchev–Trinajstić information content (AvgIpc) is 3.27. The molecule has 1 aromatic heterocycles. The van der Waals surface area contributed by atoms with Crippen molar-refractivity contribution in [3.05, 3.63) is 82.6 Å². The number of carbonyl (C=O) groups excluding carboxylic acids is 2. The molecule has 0 bridgehead atoms. The SMILES string of the molecule is CCC(C)(C)C(=O)[C@@H](NC(=O)c1ccc(Oc2ccccc2)cc1)c1ccsc1. The van der Waals surface area contributed by atoms with E-state index >= 15 is 0 Å². The Morgan fingerprint density at radius 1 is 1.00 bits per heavy atom. The molecule has 3 aromatic rings. The van der Waals surface area contributed by atoms with Crippen LogP contribution in [0.15, 0.2) is 71.4 Å². The van der Waals surface area contributed by atoms with Crippen LogP contribution in [0, 0.1) is 5.41 Å². The quantitative estimate of drug-likeness (QED) is 0.497. The summed E-state index contributed by atoms with van der Waals surface area (Å²) in [4.78, 5) is 25.9. The van der Waals surface area contributed by atoms with E-state index in [1.807, 2.05) is 67.9 Å². The maximum Gasteiger partial charge on any atom is 0.252 e. The van der Waals surface area contributed by atoms with E-state index in [4.69, 9.17) is 4.74 Å². The third-order valence-electron chi connectivity index (χ3n) is 5.06. The lowest BCUT2D eigenvalue weighted by atomic mass is 9.80. The van der Waals surface area contributed by atoms with Crippen molar-refractivity contribution in [3.63, 3.8) is 0 Å². The third-order valence-corrected chi connectivity index (χ3v) is 5.76. The lowest BCUT2D eigenvalue weighted by Gasteiger charge is -2.27. The van der Waals surface area contributed by atoms with Gasteiger partial charge in [0.25, 0.3) is 5.91 Å².